The maximum atomic E-state index is 13.0. The number of carbonyl (C=O) groups is 5. The first-order valence-corrected chi connectivity index (χ1v) is 8.93. The molecule has 8 nitrogen and oxygen atoms in total. The fourth-order valence-electron chi connectivity index (χ4n) is 3.63. The average molecular weight is 379 g/mol. The number of hydrogen-bond donors (Lipinski definition) is 2. The second-order valence-electron chi connectivity index (χ2n) is 6.84. The van der Waals surface area contributed by atoms with Gasteiger partial charge in [0.1, 0.15) is 6.04 Å². The van der Waals surface area contributed by atoms with E-state index >= 15 is 0 Å². The third kappa shape index (κ3) is 3.02. The molecule has 0 bridgehead atoms. The number of likely N-dealkylation sites (tertiary alicyclic amines) is 1. The number of amides is 4. The molecule has 0 spiro atoms. The SMILES string of the molecule is O=C1C=C2C(=O)N(C3CCC(=O)NC3=O)C(=O)C2=C(NCc2ccccc2)C1. The van der Waals surface area contributed by atoms with Crippen molar-refractivity contribution in [2.24, 2.45) is 0 Å². The maximum Gasteiger partial charge on any atom is 0.264 e. The molecule has 1 unspecified atom stereocenters. The molecule has 4 rings (SSSR count). The van der Waals surface area contributed by atoms with Crippen molar-refractivity contribution in [3.8, 4) is 0 Å². The minimum absolute atomic E-state index is 0.00140. The van der Waals surface area contributed by atoms with E-state index in [1.807, 2.05) is 30.3 Å². The molecule has 142 valence electrons. The molecule has 2 saturated heterocycles. The van der Waals surface area contributed by atoms with Gasteiger partial charge in [-0.15, -0.1) is 0 Å². The van der Waals surface area contributed by atoms with Crippen molar-refractivity contribution in [1.29, 1.82) is 0 Å². The third-order valence-corrected chi connectivity index (χ3v) is 4.98. The first-order valence-electron chi connectivity index (χ1n) is 8.93. The summed E-state index contributed by atoms with van der Waals surface area (Å²) in [4.78, 5) is 62.3. The summed E-state index contributed by atoms with van der Waals surface area (Å²) >= 11 is 0. The van der Waals surface area contributed by atoms with Crippen LogP contribution in [-0.4, -0.2) is 40.4 Å². The molecule has 2 aliphatic heterocycles. The van der Waals surface area contributed by atoms with Gasteiger partial charge in [-0.1, -0.05) is 30.3 Å². The molecule has 2 fully saturated rings. The van der Waals surface area contributed by atoms with Crippen molar-refractivity contribution in [2.45, 2.75) is 31.8 Å². The molecule has 28 heavy (non-hydrogen) atoms. The van der Waals surface area contributed by atoms with Crippen LogP contribution in [0.3, 0.4) is 0 Å². The summed E-state index contributed by atoms with van der Waals surface area (Å²) in [5.41, 5.74) is 1.46. The van der Waals surface area contributed by atoms with Crippen LogP contribution in [0.2, 0.25) is 0 Å². The van der Waals surface area contributed by atoms with Crippen LogP contribution < -0.4 is 10.6 Å². The Bertz CT molecular complexity index is 977. The van der Waals surface area contributed by atoms with Gasteiger partial charge in [0.05, 0.1) is 17.6 Å². The molecule has 0 radical (unpaired) electrons. The standard InChI is InChI=1S/C20H17N3O5/c24-12-8-13-17(14(9-12)21-10-11-4-2-1-3-5-11)20(28)23(19(13)27)15-6-7-16(25)22-18(15)26/h1-5,8,15,21H,6-7,9-10H2,(H,22,25,26). The molecule has 1 aliphatic carbocycles. The Balaban J connectivity index is 1.65. The Hall–Kier alpha value is -3.55. The number of hydrogen-bond acceptors (Lipinski definition) is 6. The van der Waals surface area contributed by atoms with E-state index in [0.717, 1.165) is 16.5 Å². The highest BCUT2D eigenvalue weighted by Gasteiger charge is 2.49. The number of benzene rings is 1. The summed E-state index contributed by atoms with van der Waals surface area (Å²) in [5.74, 6) is -2.70. The number of ketones is 1. The summed E-state index contributed by atoms with van der Waals surface area (Å²) in [5, 5.41) is 5.25. The lowest BCUT2D eigenvalue weighted by molar-refractivity contribution is -0.149. The third-order valence-electron chi connectivity index (χ3n) is 4.98. The fraction of sp³-hybridized carbons (Fsp3) is 0.250. The van der Waals surface area contributed by atoms with Gasteiger partial charge in [0.2, 0.25) is 11.8 Å². The van der Waals surface area contributed by atoms with E-state index in [2.05, 4.69) is 10.6 Å². The lowest BCUT2D eigenvalue weighted by atomic mass is 9.95. The second kappa shape index (κ2) is 6.88. The topological polar surface area (TPSA) is 113 Å². The Labute approximate surface area is 160 Å². The van der Waals surface area contributed by atoms with E-state index in [0.29, 0.717) is 12.2 Å². The molecule has 2 N–H and O–H groups in total. The highest BCUT2D eigenvalue weighted by molar-refractivity contribution is 6.29. The Morgan fingerprint density at radius 1 is 1.04 bits per heavy atom. The molecule has 1 aromatic rings. The first-order chi connectivity index (χ1) is 13.5. The van der Waals surface area contributed by atoms with Crippen molar-refractivity contribution >= 4 is 29.4 Å². The lowest BCUT2D eigenvalue weighted by Gasteiger charge is -2.27. The molecule has 2 heterocycles. The molecule has 4 amide bonds. The van der Waals surface area contributed by atoms with Gasteiger partial charge in [0.25, 0.3) is 11.8 Å². The number of nitrogens with zero attached hydrogens (tertiary/aromatic N) is 1. The van der Waals surface area contributed by atoms with Crippen LogP contribution in [0.1, 0.15) is 24.8 Å². The van der Waals surface area contributed by atoms with E-state index in [4.69, 9.17) is 0 Å². The molecular formula is C20H17N3O5. The van der Waals surface area contributed by atoms with Gasteiger partial charge in [-0.05, 0) is 18.1 Å². The molecule has 0 aromatic heterocycles. The van der Waals surface area contributed by atoms with Crippen LogP contribution in [0.25, 0.3) is 0 Å². The van der Waals surface area contributed by atoms with Crippen LogP contribution in [0.4, 0.5) is 0 Å². The number of imide groups is 2. The van der Waals surface area contributed by atoms with Crippen molar-refractivity contribution in [3.63, 3.8) is 0 Å². The van der Waals surface area contributed by atoms with Gasteiger partial charge in [-0.2, -0.15) is 0 Å². The number of piperidine rings is 1. The summed E-state index contributed by atoms with van der Waals surface area (Å²) in [6, 6.07) is 8.38. The van der Waals surface area contributed by atoms with Crippen LogP contribution in [-0.2, 0) is 30.5 Å². The van der Waals surface area contributed by atoms with Crippen molar-refractivity contribution in [1.82, 2.24) is 15.5 Å². The van der Waals surface area contributed by atoms with Crippen LogP contribution in [0, 0.1) is 0 Å². The van der Waals surface area contributed by atoms with E-state index in [9.17, 15) is 24.0 Å². The van der Waals surface area contributed by atoms with Gasteiger partial charge in [0, 0.05) is 18.7 Å². The average Bonchev–Trinajstić information content (AvgIpc) is 2.91. The van der Waals surface area contributed by atoms with Crippen molar-refractivity contribution < 1.29 is 24.0 Å². The maximum absolute atomic E-state index is 13.0. The van der Waals surface area contributed by atoms with E-state index in [-0.39, 0.29) is 36.2 Å². The number of allylic oxidation sites excluding steroid dienone is 2. The summed E-state index contributed by atoms with van der Waals surface area (Å²) < 4.78 is 0. The Kier molecular flexibility index (Phi) is 4.38. The lowest BCUT2D eigenvalue weighted by Crippen LogP contribution is -2.54. The largest absolute Gasteiger partial charge is 0.383 e. The van der Waals surface area contributed by atoms with E-state index in [1.54, 1.807) is 0 Å². The van der Waals surface area contributed by atoms with Crippen LogP contribution in [0.5, 0.6) is 0 Å². The minimum atomic E-state index is -1.05. The zero-order chi connectivity index (χ0) is 19.8. The quantitative estimate of drug-likeness (QED) is 0.718. The molecule has 3 aliphatic rings. The van der Waals surface area contributed by atoms with E-state index in [1.165, 1.54) is 0 Å². The molecule has 0 saturated carbocycles. The monoisotopic (exact) mass is 379 g/mol. The Morgan fingerprint density at radius 3 is 2.50 bits per heavy atom. The van der Waals surface area contributed by atoms with Crippen LogP contribution >= 0.6 is 0 Å². The number of fused-ring (bicyclic) bond motifs is 1. The van der Waals surface area contributed by atoms with E-state index < -0.39 is 29.7 Å². The molecular weight excluding hydrogens is 362 g/mol. The van der Waals surface area contributed by atoms with Gasteiger partial charge in [-0.3, -0.25) is 34.2 Å². The second-order valence-corrected chi connectivity index (χ2v) is 6.84. The van der Waals surface area contributed by atoms with Crippen molar-refractivity contribution in [2.75, 3.05) is 0 Å². The summed E-state index contributed by atoms with van der Waals surface area (Å²) in [6.45, 7) is 0.389. The normalized spacial score (nSPS) is 22.3. The number of carbonyl (C=O) groups excluding carboxylic acids is 5. The van der Waals surface area contributed by atoms with Gasteiger partial charge >= 0.3 is 0 Å². The zero-order valence-electron chi connectivity index (χ0n) is 14.9. The molecule has 8 heteroatoms. The summed E-state index contributed by atoms with van der Waals surface area (Å²) in [6.07, 6.45) is 1.26. The van der Waals surface area contributed by atoms with Gasteiger partial charge < -0.3 is 5.32 Å². The number of nitrogens with one attached hydrogen (secondary N) is 2. The van der Waals surface area contributed by atoms with Crippen molar-refractivity contribution in [3.05, 3.63) is 58.8 Å². The number of rotatable bonds is 4. The zero-order valence-corrected chi connectivity index (χ0v) is 14.9. The van der Waals surface area contributed by atoms with Crippen LogP contribution in [0.15, 0.2) is 53.3 Å². The predicted molar refractivity (Wildman–Crippen MR) is 96.0 cm³/mol. The highest BCUT2D eigenvalue weighted by atomic mass is 16.2. The fourth-order valence-corrected chi connectivity index (χ4v) is 3.63. The first kappa shape index (κ1) is 17.8. The van der Waals surface area contributed by atoms with Gasteiger partial charge in [0.15, 0.2) is 5.78 Å². The minimum Gasteiger partial charge on any atom is -0.383 e. The smallest absolute Gasteiger partial charge is 0.264 e. The summed E-state index contributed by atoms with van der Waals surface area (Å²) in [7, 11) is 0. The van der Waals surface area contributed by atoms with Gasteiger partial charge in [-0.25, -0.2) is 0 Å². The molecule has 1 aromatic carbocycles. The highest BCUT2D eigenvalue weighted by Crippen LogP contribution is 2.34. The Morgan fingerprint density at radius 2 is 1.79 bits per heavy atom. The predicted octanol–water partition coefficient (Wildman–Crippen LogP) is 0.103. The molecule has 1 atom stereocenters.